The third-order valence-electron chi connectivity index (χ3n) is 0. The Morgan fingerprint density at radius 1 is 1.29 bits per heavy atom. The van der Waals surface area contributed by atoms with Crippen molar-refractivity contribution in [3.8, 4) is 0 Å². The zero-order valence-corrected chi connectivity index (χ0v) is 6.01. The van der Waals surface area contributed by atoms with Crippen molar-refractivity contribution in [1.82, 2.24) is 0 Å². The molecular weight excluding hydrogens is 205 g/mol. The van der Waals surface area contributed by atoms with Gasteiger partial charge in [0.15, 0.2) is 0 Å². The molecule has 0 fully saturated rings. The normalized spacial score (nSPS) is 8.43. The predicted molar refractivity (Wildman–Crippen MR) is 32.2 cm³/mol. The zero-order chi connectivity index (χ0) is 4.50. The molecule has 0 aliphatic heterocycles. The number of hydrogen-bond acceptors (Lipinski definition) is 1. The minimum Gasteiger partial charge on any atom is -1.00 e. The van der Waals surface area contributed by atoms with Gasteiger partial charge in [-0.3, -0.25) is 0 Å². The molecule has 0 spiro atoms. The molecule has 0 saturated heterocycles. The van der Waals surface area contributed by atoms with E-state index in [1.807, 2.05) is 0 Å². The molecule has 7 heavy (non-hydrogen) atoms. The Hall–Kier alpha value is 2.01. The van der Waals surface area contributed by atoms with E-state index in [-0.39, 0.29) is 60.4 Å². The number of phosphoric acid groups is 1. The Labute approximate surface area is 86.6 Å². The molecule has 7 heteroatoms. The van der Waals surface area contributed by atoms with E-state index in [4.69, 9.17) is 19.2 Å². The topological polar surface area (TPSA) is 77.8 Å². The average molecular weight is 213 g/mol. The van der Waals surface area contributed by atoms with E-state index in [0.29, 0.717) is 0 Å². The second-order valence-electron chi connectivity index (χ2n) is 0.513. The monoisotopic (exact) mass is 212 g/mol. The van der Waals surface area contributed by atoms with Crippen LogP contribution in [0.25, 0.3) is 0 Å². The molecule has 3 N–H and O–H groups in total. The van der Waals surface area contributed by atoms with E-state index in [2.05, 4.69) is 0 Å². The molecule has 0 unspecified atom stereocenters. The Kier molecular flexibility index (Phi) is 14.0. The first-order valence-corrected chi connectivity index (χ1v) is 2.35. The fourth-order valence-electron chi connectivity index (χ4n) is 0. The quantitative estimate of drug-likeness (QED) is 0.313. The van der Waals surface area contributed by atoms with Crippen LogP contribution in [-0.4, -0.2) is 72.2 Å². The van der Waals surface area contributed by atoms with Crippen molar-refractivity contribution in [1.29, 1.82) is 0 Å². The summed E-state index contributed by atoms with van der Waals surface area (Å²) in [6.45, 7) is 0. The molecule has 0 atom stereocenters. The summed E-state index contributed by atoms with van der Waals surface area (Å²) >= 11 is 0. The molecule has 0 saturated carbocycles. The van der Waals surface area contributed by atoms with Crippen LogP contribution < -0.4 is 0 Å². The smallest absolute Gasteiger partial charge is 1.00 e. The van der Waals surface area contributed by atoms with Gasteiger partial charge in [0.1, 0.15) is 0 Å². The average Bonchev–Trinajstić information content (AvgIpc) is 0.722. The van der Waals surface area contributed by atoms with Gasteiger partial charge in [0.2, 0.25) is 0 Å². The molecule has 0 radical (unpaired) electrons. The predicted octanol–water partition coefficient (Wildman–Crippen LogP) is -2.27. The van der Waals surface area contributed by atoms with E-state index in [9.17, 15) is 0 Å². The summed E-state index contributed by atoms with van der Waals surface area (Å²) in [5, 5.41) is 0. The van der Waals surface area contributed by atoms with Gasteiger partial charge in [-0.2, -0.15) is 0 Å². The molecule has 42 valence electrons. The number of rotatable bonds is 0. The van der Waals surface area contributed by atoms with Crippen LogP contribution in [-0.2, 0) is 4.57 Å². The van der Waals surface area contributed by atoms with Crippen LogP contribution >= 0.6 is 7.82 Å². The SMILES string of the molecule is O=P(O)(O)O.[Ca+2].[GaH3].[H-].[H-]. The van der Waals surface area contributed by atoms with Gasteiger partial charge in [0.05, 0.1) is 0 Å². The second kappa shape index (κ2) is 6.13. The standard InChI is InChI=1S/Ca.Ga.H3O4P.5H/c;;1-5(2,3)4;;;;;/h;;(H3,1,2,3,4);;;;;/q+2;;;;;;2*-1. The molecule has 0 aliphatic carbocycles. The van der Waals surface area contributed by atoms with Crippen LogP contribution in [0.3, 0.4) is 0 Å². The van der Waals surface area contributed by atoms with Gasteiger partial charge in [0.25, 0.3) is 0 Å². The van der Waals surface area contributed by atoms with Crippen LogP contribution in [0.5, 0.6) is 0 Å². The van der Waals surface area contributed by atoms with Crippen molar-refractivity contribution in [2.75, 3.05) is 0 Å². The molecule has 0 amide bonds. The summed E-state index contributed by atoms with van der Waals surface area (Å²) in [7, 11) is -4.64. The molecule has 0 aromatic rings. The first-order chi connectivity index (χ1) is 2.00. The van der Waals surface area contributed by atoms with Gasteiger partial charge >= 0.3 is 65.4 Å². The van der Waals surface area contributed by atoms with Crippen LogP contribution in [0, 0.1) is 0 Å². The minimum absolute atomic E-state index is 0. The van der Waals surface area contributed by atoms with Gasteiger partial charge in [-0.25, -0.2) is 4.57 Å². The van der Waals surface area contributed by atoms with Crippen molar-refractivity contribution >= 4 is 65.4 Å². The van der Waals surface area contributed by atoms with E-state index < -0.39 is 7.82 Å². The van der Waals surface area contributed by atoms with Crippen molar-refractivity contribution in [3.63, 3.8) is 0 Å². The van der Waals surface area contributed by atoms with Gasteiger partial charge in [-0.05, 0) is 0 Å². The maximum absolute atomic E-state index is 8.88. The molecular formula is H8CaGaO4P. The largest absolute Gasteiger partial charge is 1.00 e. The molecule has 0 bridgehead atoms. The Balaban J connectivity index is -0.0000000133. The third kappa shape index (κ3) is 71.8. The molecule has 4 nitrogen and oxygen atoms in total. The Bertz CT molecular complexity index is 64.7. The van der Waals surface area contributed by atoms with Gasteiger partial charge < -0.3 is 17.5 Å². The molecule has 0 heterocycles. The first kappa shape index (κ1) is 16.0. The van der Waals surface area contributed by atoms with Gasteiger partial charge in [-0.1, -0.05) is 0 Å². The summed E-state index contributed by atoms with van der Waals surface area (Å²) in [5.41, 5.74) is 0. The van der Waals surface area contributed by atoms with Crippen molar-refractivity contribution in [3.05, 3.63) is 0 Å². The van der Waals surface area contributed by atoms with Crippen molar-refractivity contribution < 1.29 is 22.1 Å². The van der Waals surface area contributed by atoms with Crippen LogP contribution in [0.2, 0.25) is 0 Å². The van der Waals surface area contributed by atoms with E-state index >= 15 is 0 Å². The molecule has 0 aliphatic rings. The van der Waals surface area contributed by atoms with Gasteiger partial charge in [0, 0.05) is 0 Å². The molecule has 0 aromatic carbocycles. The Morgan fingerprint density at radius 3 is 1.29 bits per heavy atom. The van der Waals surface area contributed by atoms with E-state index in [0.717, 1.165) is 0 Å². The fraction of sp³-hybridized carbons (Fsp3) is 0. The number of hydrogen-bond donors (Lipinski definition) is 3. The summed E-state index contributed by atoms with van der Waals surface area (Å²) in [5.74, 6) is 0. The summed E-state index contributed by atoms with van der Waals surface area (Å²) < 4.78 is 8.88. The first-order valence-electron chi connectivity index (χ1n) is 0.783. The summed E-state index contributed by atoms with van der Waals surface area (Å²) in [6, 6.07) is 0. The minimum atomic E-state index is -4.64. The third-order valence-corrected chi connectivity index (χ3v) is 0. The molecule has 0 rings (SSSR count). The van der Waals surface area contributed by atoms with Crippen molar-refractivity contribution in [2.45, 2.75) is 0 Å². The molecule has 0 aromatic heterocycles. The Morgan fingerprint density at radius 2 is 1.29 bits per heavy atom. The van der Waals surface area contributed by atoms with Crippen molar-refractivity contribution in [2.24, 2.45) is 0 Å². The maximum atomic E-state index is 8.88. The maximum Gasteiger partial charge on any atom is -1.00 e. The summed E-state index contributed by atoms with van der Waals surface area (Å²) in [6.07, 6.45) is 0. The zero-order valence-electron chi connectivity index (χ0n) is 4.90. The van der Waals surface area contributed by atoms with Crippen LogP contribution in [0.1, 0.15) is 2.85 Å². The van der Waals surface area contributed by atoms with E-state index in [1.165, 1.54) is 0 Å². The van der Waals surface area contributed by atoms with E-state index in [1.54, 1.807) is 0 Å². The second-order valence-corrected chi connectivity index (χ2v) is 1.54. The fourth-order valence-corrected chi connectivity index (χ4v) is 0. The van der Waals surface area contributed by atoms with Gasteiger partial charge in [-0.15, -0.1) is 0 Å². The van der Waals surface area contributed by atoms with Crippen LogP contribution in [0.15, 0.2) is 0 Å². The summed E-state index contributed by atoms with van der Waals surface area (Å²) in [4.78, 5) is 21.6. The van der Waals surface area contributed by atoms with Crippen LogP contribution in [0.4, 0.5) is 0 Å².